The van der Waals surface area contributed by atoms with E-state index in [1.165, 1.54) is 51.4 Å². The van der Waals surface area contributed by atoms with E-state index in [0.717, 1.165) is 6.54 Å². The molecule has 132 valence electrons. The molecule has 0 amide bonds. The lowest BCUT2D eigenvalue weighted by Gasteiger charge is -2.45. The molecular weight excluding hydrogens is 270 g/mol. The van der Waals surface area contributed by atoms with E-state index >= 15 is 0 Å². The van der Waals surface area contributed by atoms with Gasteiger partial charge in [0.25, 0.3) is 0 Å². The second kappa shape index (κ2) is 9.64. The maximum absolute atomic E-state index is 4.66. The fraction of sp³-hybridized carbons (Fsp3) is 1.00. The van der Waals surface area contributed by atoms with Gasteiger partial charge in [-0.3, -0.25) is 0 Å². The van der Waals surface area contributed by atoms with Gasteiger partial charge in [-0.25, -0.2) is 0 Å². The van der Waals surface area contributed by atoms with Crippen molar-refractivity contribution in [1.82, 2.24) is 0 Å². The highest BCUT2D eigenvalue weighted by atomic mass is 15.7. The number of hydrogen-bond acceptors (Lipinski definition) is 2. The third-order valence-electron chi connectivity index (χ3n) is 5.85. The second-order valence-electron chi connectivity index (χ2n) is 8.07. The van der Waals surface area contributed by atoms with Gasteiger partial charge >= 0.3 is 0 Å². The predicted molar refractivity (Wildman–Crippen MR) is 98.0 cm³/mol. The molecule has 0 saturated heterocycles. The molecule has 1 unspecified atom stereocenters. The Balaban J connectivity index is 4.93. The van der Waals surface area contributed by atoms with Gasteiger partial charge in [-0.2, -0.15) is 4.59 Å². The van der Waals surface area contributed by atoms with Gasteiger partial charge in [0, 0.05) is 11.6 Å². The first kappa shape index (κ1) is 21.6. The van der Waals surface area contributed by atoms with Crippen molar-refractivity contribution in [2.24, 2.45) is 15.8 Å². The molecule has 3 nitrogen and oxygen atoms in total. The Kier molecular flexibility index (Phi) is 9.45. The summed E-state index contributed by atoms with van der Waals surface area (Å²) in [6, 6.07) is 0. The van der Waals surface area contributed by atoms with Crippen LogP contribution in [0.3, 0.4) is 0 Å². The number of quaternary nitrogens is 1. The molecule has 0 N–H and O–H groups in total. The van der Waals surface area contributed by atoms with Crippen molar-refractivity contribution in [1.29, 1.82) is 0 Å². The largest absolute Gasteiger partial charge is 0.177 e. The summed E-state index contributed by atoms with van der Waals surface area (Å²) in [5.74, 6) is 0. The van der Waals surface area contributed by atoms with Gasteiger partial charge in [0.15, 0.2) is 0 Å². The second-order valence-corrected chi connectivity index (χ2v) is 8.07. The van der Waals surface area contributed by atoms with Crippen molar-refractivity contribution in [2.75, 3.05) is 20.6 Å². The molecule has 0 aromatic heterocycles. The first-order valence-corrected chi connectivity index (χ1v) is 9.37. The van der Waals surface area contributed by atoms with E-state index in [9.17, 15) is 0 Å². The van der Waals surface area contributed by atoms with Gasteiger partial charge in [0.1, 0.15) is 12.1 Å². The normalized spacial score (nSPS) is 16.2. The molecule has 0 rings (SSSR count). The van der Waals surface area contributed by atoms with Crippen molar-refractivity contribution < 1.29 is 4.59 Å². The summed E-state index contributed by atoms with van der Waals surface area (Å²) in [6.07, 6.45) is 10.2. The van der Waals surface area contributed by atoms with E-state index in [4.69, 9.17) is 0 Å². The van der Waals surface area contributed by atoms with Crippen LogP contribution in [0.15, 0.2) is 10.3 Å². The van der Waals surface area contributed by atoms with Crippen LogP contribution in [0.2, 0.25) is 0 Å². The van der Waals surface area contributed by atoms with E-state index in [-0.39, 0.29) is 5.54 Å². The van der Waals surface area contributed by atoms with E-state index in [1.54, 1.807) is 0 Å². The average molecular weight is 313 g/mol. The maximum Gasteiger partial charge on any atom is 0.120 e. The van der Waals surface area contributed by atoms with Crippen molar-refractivity contribution >= 4 is 0 Å². The molecule has 1 atom stereocenters. The van der Waals surface area contributed by atoms with Crippen molar-refractivity contribution in [2.45, 2.75) is 98.4 Å². The van der Waals surface area contributed by atoms with Crippen LogP contribution in [0.25, 0.3) is 0 Å². The SMILES string of the molecule is CCCCCCC[N+](C)(N=NC)C(C)(C)CC(C)(CC)CC. The topological polar surface area (TPSA) is 24.7 Å². The first-order valence-electron chi connectivity index (χ1n) is 9.37. The van der Waals surface area contributed by atoms with Gasteiger partial charge in [0.05, 0.1) is 14.1 Å². The zero-order valence-electron chi connectivity index (χ0n) is 16.7. The Morgan fingerprint density at radius 1 is 0.864 bits per heavy atom. The summed E-state index contributed by atoms with van der Waals surface area (Å²) in [4.78, 5) is 0. The minimum absolute atomic E-state index is 0.116. The van der Waals surface area contributed by atoms with Crippen LogP contribution < -0.4 is 0 Å². The molecule has 22 heavy (non-hydrogen) atoms. The van der Waals surface area contributed by atoms with Gasteiger partial charge in [-0.05, 0) is 32.1 Å². The third-order valence-corrected chi connectivity index (χ3v) is 5.85. The molecule has 0 aliphatic heterocycles. The molecule has 0 saturated carbocycles. The fourth-order valence-corrected chi connectivity index (χ4v) is 3.40. The molecule has 0 spiro atoms. The van der Waals surface area contributed by atoms with Crippen LogP contribution in [0.1, 0.15) is 92.9 Å². The highest BCUT2D eigenvalue weighted by molar-refractivity contribution is 4.82. The summed E-state index contributed by atoms with van der Waals surface area (Å²) < 4.78 is 0.714. The third kappa shape index (κ3) is 6.36. The van der Waals surface area contributed by atoms with Gasteiger partial charge in [-0.15, -0.1) is 5.11 Å². The molecule has 0 aromatic carbocycles. The van der Waals surface area contributed by atoms with Crippen molar-refractivity contribution in [3.8, 4) is 0 Å². The van der Waals surface area contributed by atoms with Gasteiger partial charge < -0.3 is 0 Å². The number of hydrogen-bond donors (Lipinski definition) is 0. The quantitative estimate of drug-likeness (QED) is 0.172. The van der Waals surface area contributed by atoms with Crippen LogP contribution in [-0.4, -0.2) is 30.8 Å². The van der Waals surface area contributed by atoms with Crippen LogP contribution in [0.5, 0.6) is 0 Å². The highest BCUT2D eigenvalue weighted by Crippen LogP contribution is 2.40. The van der Waals surface area contributed by atoms with E-state index in [1.807, 2.05) is 7.05 Å². The Labute approximate surface area is 140 Å². The van der Waals surface area contributed by atoms with Crippen LogP contribution >= 0.6 is 0 Å². The van der Waals surface area contributed by atoms with Crippen LogP contribution in [0, 0.1) is 5.41 Å². The molecule has 0 bridgehead atoms. The summed E-state index contributed by atoms with van der Waals surface area (Å²) >= 11 is 0. The molecule has 0 aromatic rings. The Bertz CT molecular complexity index is 319. The Morgan fingerprint density at radius 3 is 1.86 bits per heavy atom. The lowest BCUT2D eigenvalue weighted by molar-refractivity contribution is -0.967. The maximum atomic E-state index is 4.66. The van der Waals surface area contributed by atoms with Crippen molar-refractivity contribution in [3.63, 3.8) is 0 Å². The fourth-order valence-electron chi connectivity index (χ4n) is 3.40. The minimum Gasteiger partial charge on any atom is -0.177 e. The number of rotatable bonds is 12. The molecule has 0 aliphatic carbocycles. The lowest BCUT2D eigenvalue weighted by Crippen LogP contribution is -2.57. The molecule has 0 heterocycles. The van der Waals surface area contributed by atoms with E-state index in [2.05, 4.69) is 58.9 Å². The summed E-state index contributed by atoms with van der Waals surface area (Å²) in [5.41, 5.74) is 0.513. The van der Waals surface area contributed by atoms with Crippen LogP contribution in [0.4, 0.5) is 0 Å². The van der Waals surface area contributed by atoms with Crippen LogP contribution in [-0.2, 0) is 0 Å². The molecular formula is C19H42N3+. The van der Waals surface area contributed by atoms with Gasteiger partial charge in [0.2, 0.25) is 0 Å². The van der Waals surface area contributed by atoms with E-state index < -0.39 is 0 Å². The molecule has 0 aliphatic rings. The van der Waals surface area contributed by atoms with Gasteiger partial charge in [-0.1, -0.05) is 59.8 Å². The zero-order valence-corrected chi connectivity index (χ0v) is 16.7. The Morgan fingerprint density at radius 2 is 1.41 bits per heavy atom. The number of nitrogens with zero attached hydrogens (tertiary/aromatic N) is 3. The van der Waals surface area contributed by atoms with Crippen molar-refractivity contribution in [3.05, 3.63) is 0 Å². The molecule has 3 heteroatoms. The lowest BCUT2D eigenvalue weighted by atomic mass is 9.74. The zero-order chi connectivity index (χ0) is 17.3. The smallest absolute Gasteiger partial charge is 0.120 e. The monoisotopic (exact) mass is 312 g/mol. The summed E-state index contributed by atoms with van der Waals surface area (Å²) in [7, 11) is 4.07. The summed E-state index contributed by atoms with van der Waals surface area (Å²) in [5, 5.41) is 8.83. The number of unbranched alkanes of at least 4 members (excludes halogenated alkanes) is 4. The first-order chi connectivity index (χ1) is 10.2. The molecule has 0 radical (unpaired) electrons. The Hall–Kier alpha value is -0.440. The highest BCUT2D eigenvalue weighted by Gasteiger charge is 2.45. The predicted octanol–water partition coefficient (Wildman–Crippen LogP) is 6.40. The summed E-state index contributed by atoms with van der Waals surface area (Å²) in [6.45, 7) is 15.2. The standard InChI is InChI=1S/C19H42N3/c1-9-12-13-14-15-16-22(8,21-20-7)18(4,5)17-19(6,10-2)11-3/h9-17H2,1-8H3/q+1. The van der Waals surface area contributed by atoms with E-state index in [0.29, 0.717) is 10.0 Å². The average Bonchev–Trinajstić information content (AvgIpc) is 2.46. The molecule has 0 fully saturated rings. The minimum atomic E-state index is 0.116.